The maximum atomic E-state index is 4.94. The minimum atomic E-state index is 0.205. The summed E-state index contributed by atoms with van der Waals surface area (Å²) >= 11 is 0. The molecule has 1 fully saturated rings. The van der Waals surface area contributed by atoms with Crippen molar-refractivity contribution < 1.29 is 0 Å². The van der Waals surface area contributed by atoms with Gasteiger partial charge in [0.25, 0.3) is 0 Å². The van der Waals surface area contributed by atoms with E-state index in [0.717, 1.165) is 42.8 Å². The highest BCUT2D eigenvalue weighted by molar-refractivity contribution is 5.57. The van der Waals surface area contributed by atoms with Gasteiger partial charge in [0.1, 0.15) is 5.82 Å². The second kappa shape index (κ2) is 7.11. The molecule has 1 aromatic heterocycles. The van der Waals surface area contributed by atoms with Crippen LogP contribution < -0.4 is 5.32 Å². The summed E-state index contributed by atoms with van der Waals surface area (Å²) in [4.78, 5) is 17.2. The van der Waals surface area contributed by atoms with E-state index in [1.165, 1.54) is 44.1 Å². The Hall–Kier alpha value is -2.01. The van der Waals surface area contributed by atoms with E-state index < -0.39 is 0 Å². The molecule has 4 aliphatic rings. The Kier molecular flexibility index (Phi) is 4.58. The first kappa shape index (κ1) is 18.0. The third kappa shape index (κ3) is 3.52. The Morgan fingerprint density at radius 1 is 1.04 bits per heavy atom. The number of hydrogen-bond acceptors (Lipinski definition) is 5. The topological polar surface area (TPSA) is 53.9 Å². The Bertz CT molecular complexity index is 841. The maximum Gasteiger partial charge on any atom is 0.226 e. The molecule has 1 atom stereocenters. The van der Waals surface area contributed by atoms with E-state index in [-0.39, 0.29) is 5.41 Å². The molecule has 148 valence electrons. The van der Waals surface area contributed by atoms with Crippen LogP contribution in [0.15, 0.2) is 24.3 Å². The van der Waals surface area contributed by atoms with Crippen molar-refractivity contribution in [3.8, 4) is 11.4 Å². The number of anilines is 1. The first-order valence-corrected chi connectivity index (χ1v) is 11.0. The van der Waals surface area contributed by atoms with Gasteiger partial charge in [0, 0.05) is 30.1 Å². The summed E-state index contributed by atoms with van der Waals surface area (Å²) in [5.74, 6) is 3.27. The summed E-state index contributed by atoms with van der Waals surface area (Å²) in [5.41, 5.74) is 2.66. The smallest absolute Gasteiger partial charge is 0.226 e. The van der Waals surface area contributed by atoms with Gasteiger partial charge in [-0.05, 0) is 64.0 Å². The minimum absolute atomic E-state index is 0.205. The van der Waals surface area contributed by atoms with Crippen LogP contribution in [0.25, 0.3) is 11.4 Å². The minimum Gasteiger partial charge on any atom is -0.354 e. The predicted molar refractivity (Wildman–Crippen MR) is 112 cm³/mol. The van der Waals surface area contributed by atoms with E-state index in [1.807, 2.05) is 0 Å². The molecule has 2 aromatic rings. The number of rotatable bonds is 1. The van der Waals surface area contributed by atoms with Crippen molar-refractivity contribution in [2.24, 2.45) is 5.92 Å². The number of nitrogens with one attached hydrogen (secondary N) is 1. The summed E-state index contributed by atoms with van der Waals surface area (Å²) in [7, 11) is 0. The molecule has 0 amide bonds. The van der Waals surface area contributed by atoms with Gasteiger partial charge in [-0.25, -0.2) is 4.98 Å². The third-order valence-corrected chi connectivity index (χ3v) is 6.93. The lowest BCUT2D eigenvalue weighted by molar-refractivity contribution is 0.195. The Morgan fingerprint density at radius 2 is 1.86 bits per heavy atom. The van der Waals surface area contributed by atoms with Gasteiger partial charge in [-0.1, -0.05) is 30.7 Å². The van der Waals surface area contributed by atoms with Crippen LogP contribution >= 0.6 is 0 Å². The van der Waals surface area contributed by atoms with Crippen LogP contribution in [0.3, 0.4) is 0 Å². The fourth-order valence-corrected chi connectivity index (χ4v) is 4.73. The largest absolute Gasteiger partial charge is 0.354 e. The first-order valence-electron chi connectivity index (χ1n) is 11.0. The molecule has 1 spiro atoms. The molecule has 1 aliphatic carbocycles. The lowest BCUT2D eigenvalue weighted by Gasteiger charge is -2.30. The zero-order valence-corrected chi connectivity index (χ0v) is 17.1. The van der Waals surface area contributed by atoms with Crippen LogP contribution in [0.5, 0.6) is 0 Å². The molecular weight excluding hydrogens is 346 g/mol. The van der Waals surface area contributed by atoms with Gasteiger partial charge >= 0.3 is 0 Å². The lowest BCUT2D eigenvalue weighted by atomic mass is 9.91. The molecule has 1 saturated carbocycles. The van der Waals surface area contributed by atoms with Crippen LogP contribution in [0, 0.1) is 5.92 Å². The predicted octanol–water partition coefficient (Wildman–Crippen LogP) is 4.40. The van der Waals surface area contributed by atoms with Crippen LogP contribution in [0.4, 0.5) is 5.95 Å². The molecule has 6 rings (SSSR count). The van der Waals surface area contributed by atoms with Crippen LogP contribution in [-0.4, -0.2) is 39.0 Å². The molecule has 3 aliphatic heterocycles. The highest BCUT2D eigenvalue weighted by Gasteiger charge is 2.47. The van der Waals surface area contributed by atoms with Gasteiger partial charge in [-0.15, -0.1) is 0 Å². The highest BCUT2D eigenvalue weighted by Crippen LogP contribution is 2.51. The molecule has 0 radical (unpaired) electrons. The second-order valence-corrected chi connectivity index (χ2v) is 9.28. The molecule has 6 bridgehead atoms. The zero-order valence-electron chi connectivity index (χ0n) is 17.1. The molecule has 28 heavy (non-hydrogen) atoms. The quantitative estimate of drug-likeness (QED) is 0.798. The highest BCUT2D eigenvalue weighted by atomic mass is 15.2. The third-order valence-electron chi connectivity index (χ3n) is 6.93. The molecule has 1 N–H and O–H groups in total. The van der Waals surface area contributed by atoms with E-state index in [1.54, 1.807) is 0 Å². The van der Waals surface area contributed by atoms with Crippen LogP contribution in [0.2, 0.25) is 0 Å². The summed E-state index contributed by atoms with van der Waals surface area (Å²) in [6, 6.07) is 9.38. The average Bonchev–Trinajstić information content (AvgIpc) is 3.48. The van der Waals surface area contributed by atoms with Crippen molar-refractivity contribution in [3.05, 3.63) is 35.7 Å². The van der Waals surface area contributed by atoms with Crippen molar-refractivity contribution >= 4 is 5.95 Å². The Morgan fingerprint density at radius 3 is 2.61 bits per heavy atom. The van der Waals surface area contributed by atoms with E-state index in [4.69, 9.17) is 15.0 Å². The molecule has 0 saturated heterocycles. The maximum absolute atomic E-state index is 4.94. The van der Waals surface area contributed by atoms with Gasteiger partial charge in [0.15, 0.2) is 5.82 Å². The van der Waals surface area contributed by atoms with Crippen molar-refractivity contribution in [2.45, 2.75) is 70.4 Å². The van der Waals surface area contributed by atoms with Crippen LogP contribution in [0.1, 0.15) is 63.8 Å². The standard InChI is InChI=1S/C23H31N5/c1-16(2)28-13-9-17-4-3-10-23(11-12-23)21-25-20(26-22(27-21)24-14-17)19-7-5-18(15-28)6-8-19/h5-8,16-17H,3-4,9-15H2,1-2H3,(H,24,25,26,27). The SMILES string of the molecule is CC(C)N1CCC2CCCC3(CC3)c3nc(nc(n3)-c3ccc(cc3)C1)NC2. The van der Waals surface area contributed by atoms with Gasteiger partial charge in [-0.3, -0.25) is 4.90 Å². The first-order chi connectivity index (χ1) is 13.6. The number of aromatic nitrogens is 3. The summed E-state index contributed by atoms with van der Waals surface area (Å²) in [5, 5.41) is 3.57. The molecule has 1 unspecified atom stereocenters. The second-order valence-electron chi connectivity index (χ2n) is 9.28. The Balaban J connectivity index is 1.59. The fraction of sp³-hybridized carbons (Fsp3) is 0.609. The van der Waals surface area contributed by atoms with Gasteiger partial charge in [-0.2, -0.15) is 9.97 Å². The molecule has 5 nitrogen and oxygen atoms in total. The summed E-state index contributed by atoms with van der Waals surface area (Å²) < 4.78 is 0. The van der Waals surface area contributed by atoms with E-state index in [2.05, 4.69) is 48.3 Å². The molecule has 4 heterocycles. The monoisotopic (exact) mass is 377 g/mol. The van der Waals surface area contributed by atoms with Crippen molar-refractivity contribution in [1.29, 1.82) is 0 Å². The fourth-order valence-electron chi connectivity index (χ4n) is 4.73. The lowest BCUT2D eigenvalue weighted by Crippen LogP contribution is -2.33. The molecular formula is C23H31N5. The average molecular weight is 378 g/mol. The molecule has 1 aromatic carbocycles. The van der Waals surface area contributed by atoms with Crippen LogP contribution in [-0.2, 0) is 12.0 Å². The number of benzene rings is 1. The van der Waals surface area contributed by atoms with E-state index >= 15 is 0 Å². The van der Waals surface area contributed by atoms with Gasteiger partial charge in [0.2, 0.25) is 5.95 Å². The van der Waals surface area contributed by atoms with E-state index in [9.17, 15) is 0 Å². The van der Waals surface area contributed by atoms with Crippen molar-refractivity contribution in [1.82, 2.24) is 19.9 Å². The van der Waals surface area contributed by atoms with Gasteiger partial charge < -0.3 is 5.32 Å². The van der Waals surface area contributed by atoms with Crippen molar-refractivity contribution in [2.75, 3.05) is 18.4 Å². The summed E-state index contributed by atoms with van der Waals surface area (Å²) in [6.07, 6.45) is 7.45. The van der Waals surface area contributed by atoms with Crippen molar-refractivity contribution in [3.63, 3.8) is 0 Å². The number of nitrogens with zero attached hydrogens (tertiary/aromatic N) is 4. The Labute approximate surface area is 168 Å². The van der Waals surface area contributed by atoms with Gasteiger partial charge in [0.05, 0.1) is 0 Å². The number of fused-ring (bicyclic) bond motifs is 7. The summed E-state index contributed by atoms with van der Waals surface area (Å²) in [6.45, 7) is 7.73. The number of hydrogen-bond donors (Lipinski definition) is 1. The molecule has 5 heteroatoms. The normalized spacial score (nSPS) is 23.9. The zero-order chi connectivity index (χ0) is 19.1. The van der Waals surface area contributed by atoms with E-state index in [0.29, 0.717) is 12.0 Å².